The fourth-order valence-corrected chi connectivity index (χ4v) is 3.58. The second kappa shape index (κ2) is 9.35. The largest absolute Gasteiger partial charge is 1.00 e. The van der Waals surface area contributed by atoms with Gasteiger partial charge < -0.3 is 36.5 Å². The zero-order valence-electron chi connectivity index (χ0n) is 15.7. The number of Topliss-reactive ketones (excluding diaryl/α,β-unsaturated/α-hetero) is 1. The third-order valence-corrected chi connectivity index (χ3v) is 5.22. The summed E-state index contributed by atoms with van der Waals surface area (Å²) in [5.41, 5.74) is 0.748. The molecule has 0 bridgehead atoms. The Labute approximate surface area is 170 Å². The molecule has 3 rings (SSSR count). The average molecular weight is 436 g/mol. The van der Waals surface area contributed by atoms with Crippen LogP contribution in [0.2, 0.25) is 0 Å². The number of carbonyl (C=O) groups excluding carboxylic acids is 1. The number of piperidine rings is 1. The van der Waals surface area contributed by atoms with Crippen LogP contribution < -0.4 is 31.4 Å². The molecule has 2 N–H and O–H groups in total. The number of benzene rings is 2. The quantitative estimate of drug-likeness (QED) is 0.539. The van der Waals surface area contributed by atoms with E-state index in [1.165, 1.54) is 4.90 Å². The van der Waals surface area contributed by atoms with Gasteiger partial charge in [-0.1, -0.05) is 30.3 Å². The summed E-state index contributed by atoms with van der Waals surface area (Å²) in [6, 6.07) is 15.1. The number of quaternary nitrogens is 1. The monoisotopic (exact) mass is 435 g/mol. The molecule has 146 valence electrons. The third-order valence-electron chi connectivity index (χ3n) is 5.22. The van der Waals surface area contributed by atoms with Gasteiger partial charge in [0.15, 0.2) is 0 Å². The Bertz CT molecular complexity index is 758. The lowest BCUT2D eigenvalue weighted by molar-refractivity contribution is -0.899. The zero-order valence-corrected chi connectivity index (χ0v) is 17.3. The smallest absolute Gasteiger partial charge is 0.220 e. The SMILES string of the molecule is COc1ccc(C(=O)C[NH+]2CCC(O)(c3ccccc3)CC2)c(OC)c1.[Br-]. The Morgan fingerprint density at radius 1 is 1.07 bits per heavy atom. The maximum atomic E-state index is 12.7. The van der Waals surface area contributed by atoms with E-state index in [-0.39, 0.29) is 22.8 Å². The van der Waals surface area contributed by atoms with Crippen molar-refractivity contribution in [2.24, 2.45) is 0 Å². The molecular weight excluding hydrogens is 410 g/mol. The van der Waals surface area contributed by atoms with Crippen molar-refractivity contribution in [2.75, 3.05) is 33.9 Å². The number of ketones is 1. The highest BCUT2D eigenvalue weighted by Gasteiger charge is 2.36. The maximum absolute atomic E-state index is 12.7. The predicted octanol–water partition coefficient (Wildman–Crippen LogP) is -1.54. The highest BCUT2D eigenvalue weighted by molar-refractivity contribution is 5.99. The van der Waals surface area contributed by atoms with Crippen LogP contribution in [-0.4, -0.2) is 44.7 Å². The molecule has 5 nitrogen and oxygen atoms in total. The van der Waals surface area contributed by atoms with Crippen LogP contribution in [0.25, 0.3) is 0 Å². The van der Waals surface area contributed by atoms with Gasteiger partial charge in [-0.05, 0) is 17.7 Å². The first-order valence-corrected chi connectivity index (χ1v) is 8.92. The van der Waals surface area contributed by atoms with E-state index in [2.05, 4.69) is 0 Å². The summed E-state index contributed by atoms with van der Waals surface area (Å²) in [6.07, 6.45) is 1.30. The maximum Gasteiger partial charge on any atom is 0.220 e. The van der Waals surface area contributed by atoms with E-state index in [1.807, 2.05) is 30.3 Å². The number of nitrogens with one attached hydrogen (secondary N) is 1. The number of carbonyl (C=O) groups is 1. The molecule has 2 aromatic carbocycles. The molecule has 6 heteroatoms. The van der Waals surface area contributed by atoms with E-state index in [0.29, 0.717) is 36.4 Å². The van der Waals surface area contributed by atoms with Crippen LogP contribution in [0.5, 0.6) is 11.5 Å². The summed E-state index contributed by atoms with van der Waals surface area (Å²) in [6.45, 7) is 1.92. The van der Waals surface area contributed by atoms with Crippen molar-refractivity contribution in [1.82, 2.24) is 0 Å². The summed E-state index contributed by atoms with van der Waals surface area (Å²) < 4.78 is 10.5. The van der Waals surface area contributed by atoms with Gasteiger partial charge in [-0.2, -0.15) is 0 Å². The summed E-state index contributed by atoms with van der Waals surface area (Å²) in [5, 5.41) is 10.9. The molecule has 0 atom stereocenters. The number of halogens is 1. The molecule has 27 heavy (non-hydrogen) atoms. The van der Waals surface area contributed by atoms with E-state index >= 15 is 0 Å². The van der Waals surface area contributed by atoms with Crippen LogP contribution in [0, 0.1) is 0 Å². The number of methoxy groups -OCH3 is 2. The van der Waals surface area contributed by atoms with Gasteiger partial charge in [-0.15, -0.1) is 0 Å². The van der Waals surface area contributed by atoms with E-state index in [0.717, 1.165) is 18.7 Å². The lowest BCUT2D eigenvalue weighted by Crippen LogP contribution is -3.14. The van der Waals surface area contributed by atoms with Gasteiger partial charge in [0.2, 0.25) is 5.78 Å². The average Bonchev–Trinajstić information content (AvgIpc) is 2.70. The van der Waals surface area contributed by atoms with E-state index in [9.17, 15) is 9.90 Å². The second-order valence-electron chi connectivity index (χ2n) is 6.81. The Kier molecular flexibility index (Phi) is 7.41. The number of aliphatic hydroxyl groups is 1. The molecule has 1 aliphatic heterocycles. The van der Waals surface area contributed by atoms with E-state index < -0.39 is 5.60 Å². The van der Waals surface area contributed by atoms with Crippen molar-refractivity contribution < 1.29 is 41.3 Å². The normalized spacial score (nSPS) is 21.8. The number of ether oxygens (including phenoxy) is 2. The predicted molar refractivity (Wildman–Crippen MR) is 99.0 cm³/mol. The lowest BCUT2D eigenvalue weighted by Gasteiger charge is -2.36. The van der Waals surface area contributed by atoms with Gasteiger partial charge in [0.1, 0.15) is 23.6 Å². The van der Waals surface area contributed by atoms with Crippen LogP contribution >= 0.6 is 0 Å². The standard InChI is InChI=1S/C21H25NO4.BrH/c1-25-17-8-9-18(20(14-17)26-2)19(23)15-22-12-10-21(24,11-13-22)16-6-4-3-5-7-16;/h3-9,14,24H,10-13,15H2,1-2H3;1H. The second-order valence-corrected chi connectivity index (χ2v) is 6.81. The number of likely N-dealkylation sites (tertiary alicyclic amines) is 1. The molecule has 0 aromatic heterocycles. The van der Waals surface area contributed by atoms with Crippen LogP contribution in [0.1, 0.15) is 28.8 Å². The molecule has 0 saturated carbocycles. The molecule has 0 aliphatic carbocycles. The van der Waals surface area contributed by atoms with Gasteiger partial charge in [-0.25, -0.2) is 0 Å². The number of rotatable bonds is 6. The van der Waals surface area contributed by atoms with Crippen molar-refractivity contribution in [3.05, 3.63) is 59.7 Å². The summed E-state index contributed by atoms with van der Waals surface area (Å²) in [5.74, 6) is 1.24. The van der Waals surface area contributed by atoms with Gasteiger partial charge in [0.25, 0.3) is 0 Å². The summed E-state index contributed by atoms with van der Waals surface area (Å²) in [7, 11) is 3.14. The molecule has 1 aliphatic rings. The van der Waals surface area contributed by atoms with Crippen LogP contribution in [0.4, 0.5) is 0 Å². The van der Waals surface area contributed by atoms with Crippen molar-refractivity contribution in [1.29, 1.82) is 0 Å². The first kappa shape index (κ1) is 21.4. The molecule has 0 spiro atoms. The fourth-order valence-electron chi connectivity index (χ4n) is 3.58. The topological polar surface area (TPSA) is 60.2 Å². The number of hydrogen-bond donors (Lipinski definition) is 2. The molecular formula is C21H26BrNO4. The van der Waals surface area contributed by atoms with Crippen molar-refractivity contribution in [3.63, 3.8) is 0 Å². The van der Waals surface area contributed by atoms with Crippen LogP contribution in [0.15, 0.2) is 48.5 Å². The highest BCUT2D eigenvalue weighted by atomic mass is 79.9. The Hall–Kier alpha value is -1.89. The lowest BCUT2D eigenvalue weighted by atomic mass is 9.84. The van der Waals surface area contributed by atoms with Gasteiger partial charge in [0, 0.05) is 18.9 Å². The summed E-state index contributed by atoms with van der Waals surface area (Å²) in [4.78, 5) is 13.9. The molecule has 0 unspecified atom stereocenters. The van der Waals surface area contributed by atoms with Gasteiger partial charge in [-0.3, -0.25) is 4.79 Å². The van der Waals surface area contributed by atoms with Crippen molar-refractivity contribution in [3.8, 4) is 11.5 Å². The van der Waals surface area contributed by atoms with Crippen LogP contribution in [-0.2, 0) is 5.60 Å². The van der Waals surface area contributed by atoms with E-state index in [1.54, 1.807) is 32.4 Å². The minimum absolute atomic E-state index is 0. The first-order chi connectivity index (χ1) is 12.6. The van der Waals surface area contributed by atoms with Crippen molar-refractivity contribution >= 4 is 5.78 Å². The third kappa shape index (κ3) is 4.89. The molecule has 0 radical (unpaired) electrons. The Morgan fingerprint density at radius 2 is 1.74 bits per heavy atom. The minimum Gasteiger partial charge on any atom is -1.00 e. The highest BCUT2D eigenvalue weighted by Crippen LogP contribution is 2.29. The molecule has 1 heterocycles. The van der Waals surface area contributed by atoms with Crippen LogP contribution in [0.3, 0.4) is 0 Å². The number of hydrogen-bond acceptors (Lipinski definition) is 4. The molecule has 0 amide bonds. The molecule has 1 saturated heterocycles. The van der Waals surface area contributed by atoms with Gasteiger partial charge in [0.05, 0.1) is 32.9 Å². The molecule has 2 aromatic rings. The Balaban J connectivity index is 0.00000261. The first-order valence-electron chi connectivity index (χ1n) is 8.92. The Morgan fingerprint density at radius 3 is 2.33 bits per heavy atom. The zero-order chi connectivity index (χ0) is 18.6. The minimum atomic E-state index is -0.786. The molecule has 1 fully saturated rings. The fraction of sp³-hybridized carbons (Fsp3) is 0.381. The van der Waals surface area contributed by atoms with E-state index in [4.69, 9.17) is 9.47 Å². The van der Waals surface area contributed by atoms with Crippen molar-refractivity contribution in [2.45, 2.75) is 18.4 Å². The van der Waals surface area contributed by atoms with Gasteiger partial charge >= 0.3 is 0 Å². The summed E-state index contributed by atoms with van der Waals surface area (Å²) >= 11 is 0.